The molecule has 2 bridgehead atoms. The van der Waals surface area contributed by atoms with Gasteiger partial charge in [-0.15, -0.1) is 0 Å². The van der Waals surface area contributed by atoms with Gasteiger partial charge >= 0.3 is 12.4 Å². The molecule has 2 N–H and O–H groups in total. The van der Waals surface area contributed by atoms with Crippen LogP contribution in [0.3, 0.4) is 0 Å². The zero-order valence-electron chi connectivity index (χ0n) is 21.2. The fraction of sp³-hybridized carbons (Fsp3) is 0.379. The molecule has 3 heterocycles. The molecule has 2 aliphatic heterocycles. The molecular weight excluding hydrogens is 536 g/mol. The summed E-state index contributed by atoms with van der Waals surface area (Å²) in [6.45, 7) is -0.114. The van der Waals surface area contributed by atoms with Crippen molar-refractivity contribution in [3.63, 3.8) is 0 Å². The number of carbonyl (C=O) groups excluding carboxylic acids is 1. The molecule has 4 atom stereocenters. The Hall–Kier alpha value is -3.44. The predicted molar refractivity (Wildman–Crippen MR) is 133 cm³/mol. The van der Waals surface area contributed by atoms with Crippen molar-refractivity contribution in [2.24, 2.45) is 5.92 Å². The summed E-state index contributed by atoms with van der Waals surface area (Å²) in [7, 11) is 0. The average molecular weight is 564 g/mol. The van der Waals surface area contributed by atoms with Gasteiger partial charge in [0.25, 0.3) is 0 Å². The minimum absolute atomic E-state index is 0.105. The maximum Gasteiger partial charge on any atom is 0.416 e. The lowest BCUT2D eigenvalue weighted by molar-refractivity contribution is -0.143. The number of pyridine rings is 1. The molecule has 212 valence electrons. The number of piperidine rings is 1. The highest BCUT2D eigenvalue weighted by atomic mass is 19.4. The Kier molecular flexibility index (Phi) is 7.62. The first kappa shape index (κ1) is 28.1. The number of nitrogens with zero attached hydrogens (tertiary/aromatic N) is 1. The SMILES string of the molecule is O=C(NCc1ccncc1)C1CC2(c3ccccc3)NC1CCC2OCc1cc(C(F)(F)F)cc(C(F)(F)F)c1. The van der Waals surface area contributed by atoms with Gasteiger partial charge in [0.1, 0.15) is 0 Å². The van der Waals surface area contributed by atoms with E-state index in [1.54, 1.807) is 24.5 Å². The molecule has 2 aliphatic rings. The predicted octanol–water partition coefficient (Wildman–Crippen LogP) is 5.99. The number of aromatic nitrogens is 1. The third-order valence-electron chi connectivity index (χ3n) is 7.70. The van der Waals surface area contributed by atoms with Crippen LogP contribution in [0.15, 0.2) is 73.1 Å². The fourth-order valence-corrected chi connectivity index (χ4v) is 5.80. The number of benzene rings is 2. The van der Waals surface area contributed by atoms with Crippen molar-refractivity contribution in [2.75, 3.05) is 0 Å². The van der Waals surface area contributed by atoms with E-state index in [2.05, 4.69) is 15.6 Å². The monoisotopic (exact) mass is 563 g/mol. The summed E-state index contributed by atoms with van der Waals surface area (Å²) in [5, 5.41) is 6.53. The second-order valence-electron chi connectivity index (χ2n) is 10.3. The fourth-order valence-electron chi connectivity index (χ4n) is 5.80. The Balaban J connectivity index is 1.38. The molecule has 0 aliphatic carbocycles. The van der Waals surface area contributed by atoms with E-state index in [-0.39, 0.29) is 23.6 Å². The zero-order chi connectivity index (χ0) is 28.5. The van der Waals surface area contributed by atoms with Gasteiger partial charge in [-0.25, -0.2) is 0 Å². The highest BCUT2D eigenvalue weighted by molar-refractivity contribution is 5.80. The maximum absolute atomic E-state index is 13.4. The number of fused-ring (bicyclic) bond motifs is 2. The lowest BCUT2D eigenvalue weighted by Crippen LogP contribution is -2.54. The Labute approximate surface area is 227 Å². The van der Waals surface area contributed by atoms with Crippen LogP contribution in [0, 0.1) is 5.92 Å². The number of rotatable bonds is 7. The summed E-state index contributed by atoms with van der Waals surface area (Å²) in [4.78, 5) is 17.2. The van der Waals surface area contributed by atoms with Crippen LogP contribution in [-0.4, -0.2) is 23.0 Å². The minimum atomic E-state index is -4.94. The topological polar surface area (TPSA) is 63.2 Å². The molecule has 0 spiro atoms. The number of nitrogens with one attached hydrogen (secondary N) is 2. The van der Waals surface area contributed by atoms with E-state index < -0.39 is 47.6 Å². The van der Waals surface area contributed by atoms with E-state index in [1.165, 1.54) is 0 Å². The van der Waals surface area contributed by atoms with Crippen LogP contribution < -0.4 is 10.6 Å². The van der Waals surface area contributed by atoms with E-state index in [9.17, 15) is 31.1 Å². The first-order valence-corrected chi connectivity index (χ1v) is 12.9. The van der Waals surface area contributed by atoms with Crippen LogP contribution in [0.1, 0.15) is 47.1 Å². The Morgan fingerprint density at radius 2 is 1.57 bits per heavy atom. The minimum Gasteiger partial charge on any atom is -0.371 e. The number of carbonyl (C=O) groups is 1. The number of hydrogen-bond donors (Lipinski definition) is 2. The van der Waals surface area contributed by atoms with Crippen LogP contribution >= 0.6 is 0 Å². The highest BCUT2D eigenvalue weighted by Crippen LogP contribution is 2.48. The van der Waals surface area contributed by atoms with Crippen LogP contribution in [0.25, 0.3) is 0 Å². The van der Waals surface area contributed by atoms with Gasteiger partial charge in [-0.3, -0.25) is 9.78 Å². The van der Waals surface area contributed by atoms with Crippen LogP contribution in [0.5, 0.6) is 0 Å². The van der Waals surface area contributed by atoms with Crippen molar-refractivity contribution in [3.8, 4) is 0 Å². The van der Waals surface area contributed by atoms with E-state index in [1.807, 2.05) is 30.3 Å². The molecule has 1 aromatic heterocycles. The second kappa shape index (κ2) is 10.9. The van der Waals surface area contributed by atoms with Gasteiger partial charge in [-0.1, -0.05) is 30.3 Å². The van der Waals surface area contributed by atoms with E-state index in [4.69, 9.17) is 4.74 Å². The first-order chi connectivity index (χ1) is 19.0. The van der Waals surface area contributed by atoms with E-state index in [0.717, 1.165) is 11.1 Å². The van der Waals surface area contributed by atoms with Gasteiger partial charge in [0.15, 0.2) is 0 Å². The van der Waals surface area contributed by atoms with Crippen molar-refractivity contribution < 1.29 is 35.9 Å². The number of alkyl halides is 6. The van der Waals surface area contributed by atoms with E-state index >= 15 is 0 Å². The molecule has 2 saturated heterocycles. The molecule has 3 aromatic rings. The number of amides is 1. The lowest BCUT2D eigenvalue weighted by atomic mass is 9.80. The Morgan fingerprint density at radius 3 is 2.20 bits per heavy atom. The molecule has 4 unspecified atom stereocenters. The maximum atomic E-state index is 13.4. The van der Waals surface area contributed by atoms with Crippen LogP contribution in [0.4, 0.5) is 26.3 Å². The number of hydrogen-bond acceptors (Lipinski definition) is 4. The average Bonchev–Trinajstić information content (AvgIpc) is 3.25. The van der Waals surface area contributed by atoms with Gasteiger partial charge in [0, 0.05) is 25.0 Å². The molecule has 1 amide bonds. The molecule has 2 fully saturated rings. The third-order valence-corrected chi connectivity index (χ3v) is 7.70. The summed E-state index contributed by atoms with van der Waals surface area (Å²) in [5.41, 5.74) is -2.08. The van der Waals surface area contributed by atoms with E-state index in [0.29, 0.717) is 37.9 Å². The summed E-state index contributed by atoms with van der Waals surface area (Å²) in [6.07, 6.45) is -5.79. The molecule has 0 radical (unpaired) electrons. The zero-order valence-corrected chi connectivity index (χ0v) is 21.2. The first-order valence-electron chi connectivity index (χ1n) is 12.9. The van der Waals surface area contributed by atoms with Gasteiger partial charge in [0.2, 0.25) is 5.91 Å². The number of ether oxygens (including phenoxy) is 1. The van der Waals surface area contributed by atoms with Crippen LogP contribution in [-0.2, 0) is 40.6 Å². The van der Waals surface area contributed by atoms with Gasteiger partial charge < -0.3 is 15.4 Å². The second-order valence-corrected chi connectivity index (χ2v) is 10.3. The van der Waals surface area contributed by atoms with Gasteiger partial charge in [-0.2, -0.15) is 26.3 Å². The molecule has 2 aromatic carbocycles. The summed E-state index contributed by atoms with van der Waals surface area (Å²) in [5.74, 6) is -0.540. The van der Waals surface area contributed by atoms with Gasteiger partial charge in [0.05, 0.1) is 35.3 Å². The third kappa shape index (κ3) is 5.85. The molecule has 5 rings (SSSR count). The summed E-state index contributed by atoms with van der Waals surface area (Å²) >= 11 is 0. The lowest BCUT2D eigenvalue weighted by Gasteiger charge is -2.42. The summed E-state index contributed by atoms with van der Waals surface area (Å²) < 4.78 is 86.3. The van der Waals surface area contributed by atoms with Crippen molar-refractivity contribution in [1.82, 2.24) is 15.6 Å². The molecule has 5 nitrogen and oxygen atoms in total. The standard InChI is InChI=1S/C29H27F6N3O2/c30-28(31,32)21-12-19(13-22(14-21)29(33,34)35)17-40-25-7-6-24-23(26(39)37-16-18-8-10-36-11-9-18)15-27(25,38-24)20-4-2-1-3-5-20/h1-5,8-14,23-25,38H,6-7,15-17H2,(H,37,39). The molecular formula is C29H27F6N3O2. The normalized spacial score (nSPS) is 24.6. The van der Waals surface area contributed by atoms with Crippen molar-refractivity contribution >= 4 is 5.91 Å². The van der Waals surface area contributed by atoms with Crippen molar-refractivity contribution in [2.45, 2.75) is 62.5 Å². The Bertz CT molecular complexity index is 1300. The van der Waals surface area contributed by atoms with Crippen molar-refractivity contribution in [1.29, 1.82) is 0 Å². The summed E-state index contributed by atoms with van der Waals surface area (Å²) in [6, 6.07) is 14.2. The highest BCUT2D eigenvalue weighted by Gasteiger charge is 2.56. The quantitative estimate of drug-likeness (QED) is 0.347. The molecule has 40 heavy (non-hydrogen) atoms. The smallest absolute Gasteiger partial charge is 0.371 e. The molecule has 0 saturated carbocycles. The Morgan fingerprint density at radius 1 is 0.925 bits per heavy atom. The van der Waals surface area contributed by atoms with Gasteiger partial charge in [-0.05, 0) is 66.3 Å². The van der Waals surface area contributed by atoms with Crippen molar-refractivity contribution in [3.05, 3.63) is 101 Å². The largest absolute Gasteiger partial charge is 0.416 e. The van der Waals surface area contributed by atoms with Crippen LogP contribution in [0.2, 0.25) is 0 Å². The number of halogens is 6. The molecule has 11 heteroatoms.